The quantitative estimate of drug-likeness (QED) is 0.671. The summed E-state index contributed by atoms with van der Waals surface area (Å²) < 4.78 is 1.63. The molecular weight excluding hydrogens is 340 g/mol. The topological polar surface area (TPSA) is 63.6 Å². The Morgan fingerprint density at radius 3 is 2.71 bits per heavy atom. The molecule has 1 N–H and O–H groups in total. The molecule has 0 saturated heterocycles. The Kier molecular flexibility index (Phi) is 5.20. The Labute approximate surface area is 149 Å². The van der Waals surface area contributed by atoms with Crippen LogP contribution in [-0.4, -0.2) is 19.7 Å². The SMILES string of the molecule is CCn1c(SCc2csc(-c3ccc(C(C)C)cc3)n2)n[nH]c1=O. The molecule has 1 aromatic carbocycles. The summed E-state index contributed by atoms with van der Waals surface area (Å²) in [6.45, 7) is 6.93. The minimum atomic E-state index is -0.163. The summed E-state index contributed by atoms with van der Waals surface area (Å²) in [5, 5.41) is 10.3. The minimum absolute atomic E-state index is 0.163. The summed E-state index contributed by atoms with van der Waals surface area (Å²) in [4.78, 5) is 16.3. The van der Waals surface area contributed by atoms with E-state index in [1.165, 1.54) is 17.3 Å². The number of benzene rings is 1. The van der Waals surface area contributed by atoms with Crippen LogP contribution >= 0.6 is 23.1 Å². The second-order valence-electron chi connectivity index (χ2n) is 5.76. The highest BCUT2D eigenvalue weighted by atomic mass is 32.2. The molecule has 24 heavy (non-hydrogen) atoms. The number of hydrogen-bond acceptors (Lipinski definition) is 5. The van der Waals surface area contributed by atoms with Gasteiger partial charge in [0.15, 0.2) is 5.16 Å². The number of nitrogens with one attached hydrogen (secondary N) is 1. The Morgan fingerprint density at radius 1 is 1.29 bits per heavy atom. The van der Waals surface area contributed by atoms with Crippen molar-refractivity contribution in [1.82, 2.24) is 19.7 Å². The molecule has 0 amide bonds. The van der Waals surface area contributed by atoms with Gasteiger partial charge in [-0.1, -0.05) is 49.9 Å². The average molecular weight is 361 g/mol. The van der Waals surface area contributed by atoms with Gasteiger partial charge in [0.2, 0.25) is 0 Å². The van der Waals surface area contributed by atoms with Crippen molar-refractivity contribution in [1.29, 1.82) is 0 Å². The highest BCUT2D eigenvalue weighted by Gasteiger charge is 2.10. The highest BCUT2D eigenvalue weighted by molar-refractivity contribution is 7.98. The predicted molar refractivity (Wildman–Crippen MR) is 99.7 cm³/mol. The molecule has 3 aromatic rings. The molecule has 0 atom stereocenters. The van der Waals surface area contributed by atoms with Crippen molar-refractivity contribution in [2.75, 3.05) is 0 Å². The summed E-state index contributed by atoms with van der Waals surface area (Å²) in [5.41, 5.74) is 3.32. The van der Waals surface area contributed by atoms with Gasteiger partial charge in [-0.3, -0.25) is 4.57 Å². The lowest BCUT2D eigenvalue weighted by Crippen LogP contribution is -2.16. The van der Waals surface area contributed by atoms with Crippen molar-refractivity contribution < 1.29 is 0 Å². The van der Waals surface area contributed by atoms with Crippen LogP contribution in [0.4, 0.5) is 0 Å². The summed E-state index contributed by atoms with van der Waals surface area (Å²) >= 11 is 3.17. The Morgan fingerprint density at radius 2 is 2.04 bits per heavy atom. The number of thioether (sulfide) groups is 1. The van der Waals surface area contributed by atoms with Crippen LogP contribution in [0.15, 0.2) is 39.6 Å². The molecule has 7 heteroatoms. The Hall–Kier alpha value is -1.86. The fourth-order valence-corrected chi connectivity index (χ4v) is 4.18. The van der Waals surface area contributed by atoms with Crippen molar-refractivity contribution in [2.45, 2.75) is 44.1 Å². The van der Waals surface area contributed by atoms with Crippen LogP contribution < -0.4 is 5.69 Å². The number of nitrogens with zero attached hydrogens (tertiary/aromatic N) is 3. The van der Waals surface area contributed by atoms with E-state index >= 15 is 0 Å². The van der Waals surface area contributed by atoms with Crippen LogP contribution in [0.2, 0.25) is 0 Å². The van der Waals surface area contributed by atoms with E-state index in [1.54, 1.807) is 15.9 Å². The molecule has 0 fully saturated rings. The summed E-state index contributed by atoms with van der Waals surface area (Å²) in [6.07, 6.45) is 0. The first-order chi connectivity index (χ1) is 11.6. The second-order valence-corrected chi connectivity index (χ2v) is 7.57. The fourth-order valence-electron chi connectivity index (χ4n) is 2.35. The van der Waals surface area contributed by atoms with Gasteiger partial charge >= 0.3 is 5.69 Å². The summed E-state index contributed by atoms with van der Waals surface area (Å²) in [7, 11) is 0. The minimum Gasteiger partial charge on any atom is -0.270 e. The van der Waals surface area contributed by atoms with Crippen LogP contribution in [0, 0.1) is 0 Å². The van der Waals surface area contributed by atoms with Gasteiger partial charge in [-0.05, 0) is 18.4 Å². The van der Waals surface area contributed by atoms with Gasteiger partial charge < -0.3 is 0 Å². The highest BCUT2D eigenvalue weighted by Crippen LogP contribution is 2.28. The molecule has 0 spiro atoms. The van der Waals surface area contributed by atoms with E-state index in [9.17, 15) is 4.79 Å². The molecule has 0 radical (unpaired) electrons. The molecule has 2 heterocycles. The van der Waals surface area contributed by atoms with Crippen LogP contribution in [0.3, 0.4) is 0 Å². The van der Waals surface area contributed by atoms with E-state index in [0.29, 0.717) is 23.4 Å². The fraction of sp³-hybridized carbons (Fsp3) is 0.353. The van der Waals surface area contributed by atoms with Crippen molar-refractivity contribution in [2.24, 2.45) is 0 Å². The van der Waals surface area contributed by atoms with Gasteiger partial charge in [0.1, 0.15) is 5.01 Å². The van der Waals surface area contributed by atoms with Crippen molar-refractivity contribution in [3.8, 4) is 10.6 Å². The molecule has 0 aliphatic heterocycles. The zero-order valence-electron chi connectivity index (χ0n) is 13.9. The number of H-pyrrole nitrogens is 1. The molecule has 3 rings (SSSR count). The second kappa shape index (κ2) is 7.36. The normalized spacial score (nSPS) is 11.3. The molecule has 126 valence electrons. The number of rotatable bonds is 6. The molecule has 0 aliphatic rings. The first-order valence-electron chi connectivity index (χ1n) is 7.91. The maximum Gasteiger partial charge on any atom is 0.343 e. The maximum absolute atomic E-state index is 11.6. The Balaban J connectivity index is 1.70. The number of hydrogen-bond donors (Lipinski definition) is 1. The molecule has 0 bridgehead atoms. The predicted octanol–water partition coefficient (Wildman–Crippen LogP) is 4.13. The average Bonchev–Trinajstić information content (AvgIpc) is 3.19. The molecule has 0 aliphatic carbocycles. The smallest absolute Gasteiger partial charge is 0.270 e. The van der Waals surface area contributed by atoms with E-state index in [-0.39, 0.29) is 5.69 Å². The first-order valence-corrected chi connectivity index (χ1v) is 9.77. The third-order valence-corrected chi connectivity index (χ3v) is 5.71. The van der Waals surface area contributed by atoms with Crippen LogP contribution in [0.1, 0.15) is 37.9 Å². The van der Waals surface area contributed by atoms with Gasteiger partial charge in [0.25, 0.3) is 0 Å². The monoisotopic (exact) mass is 360 g/mol. The van der Waals surface area contributed by atoms with Crippen molar-refractivity contribution >= 4 is 23.1 Å². The molecule has 5 nitrogen and oxygen atoms in total. The van der Waals surface area contributed by atoms with Gasteiger partial charge in [-0.2, -0.15) is 0 Å². The molecule has 0 unspecified atom stereocenters. The number of thiazole rings is 1. The van der Waals surface area contributed by atoms with E-state index in [2.05, 4.69) is 53.7 Å². The van der Waals surface area contributed by atoms with Crippen molar-refractivity contribution in [3.05, 3.63) is 51.4 Å². The third-order valence-electron chi connectivity index (χ3n) is 3.76. The third kappa shape index (κ3) is 3.62. The summed E-state index contributed by atoms with van der Waals surface area (Å²) in [5.74, 6) is 1.23. The van der Waals surface area contributed by atoms with E-state index in [1.807, 2.05) is 6.92 Å². The lowest BCUT2D eigenvalue weighted by molar-refractivity contribution is 0.660. The maximum atomic E-state index is 11.6. The number of aromatic amines is 1. The van der Waals surface area contributed by atoms with Crippen molar-refractivity contribution in [3.63, 3.8) is 0 Å². The standard InChI is InChI=1S/C17H20N4OS2/c1-4-21-16(22)19-20-17(21)24-10-14-9-23-15(18-14)13-7-5-12(6-8-13)11(2)3/h5-9,11H,4,10H2,1-3H3,(H,19,22). The largest absolute Gasteiger partial charge is 0.343 e. The van der Waals surface area contributed by atoms with Gasteiger partial charge in [0.05, 0.1) is 5.69 Å². The number of aromatic nitrogens is 4. The first kappa shape index (κ1) is 17.0. The van der Waals surface area contributed by atoms with E-state index in [0.717, 1.165) is 16.3 Å². The Bertz CT molecular complexity index is 861. The zero-order chi connectivity index (χ0) is 17.1. The van der Waals surface area contributed by atoms with Gasteiger partial charge in [-0.15, -0.1) is 16.4 Å². The van der Waals surface area contributed by atoms with Gasteiger partial charge in [0, 0.05) is 23.2 Å². The molecular formula is C17H20N4OS2. The van der Waals surface area contributed by atoms with E-state index < -0.39 is 0 Å². The van der Waals surface area contributed by atoms with Crippen LogP contribution in [0.5, 0.6) is 0 Å². The lowest BCUT2D eigenvalue weighted by atomic mass is 10.0. The van der Waals surface area contributed by atoms with Crippen LogP contribution in [0.25, 0.3) is 10.6 Å². The molecule has 2 aromatic heterocycles. The summed E-state index contributed by atoms with van der Waals surface area (Å²) in [6, 6.07) is 8.60. The lowest BCUT2D eigenvalue weighted by Gasteiger charge is -2.05. The van der Waals surface area contributed by atoms with Crippen LogP contribution in [-0.2, 0) is 12.3 Å². The molecule has 0 saturated carbocycles. The zero-order valence-corrected chi connectivity index (χ0v) is 15.6. The van der Waals surface area contributed by atoms with E-state index in [4.69, 9.17) is 4.98 Å². The van der Waals surface area contributed by atoms with Gasteiger partial charge in [-0.25, -0.2) is 14.9 Å².